The number of aldehydes is 1. The van der Waals surface area contributed by atoms with Crippen LogP contribution in [0.1, 0.15) is 35.3 Å². The zero-order chi connectivity index (χ0) is 16.5. The number of rotatable bonds is 4. The number of hydrogen-bond acceptors (Lipinski definition) is 4. The lowest BCUT2D eigenvalue weighted by Crippen LogP contribution is -2.30. The predicted octanol–water partition coefficient (Wildman–Crippen LogP) is 4.07. The molecule has 1 aliphatic rings. The summed E-state index contributed by atoms with van der Waals surface area (Å²) in [5.74, 6) is 0.763. The summed E-state index contributed by atoms with van der Waals surface area (Å²) in [6.45, 7) is 2.37. The van der Waals surface area contributed by atoms with E-state index in [-0.39, 0.29) is 0 Å². The van der Waals surface area contributed by atoms with Gasteiger partial charge in [-0.3, -0.25) is 4.79 Å². The molecule has 3 aromatic rings. The third kappa shape index (κ3) is 2.71. The van der Waals surface area contributed by atoms with Gasteiger partial charge in [0.05, 0.1) is 11.3 Å². The zero-order valence-electron chi connectivity index (χ0n) is 14.0. The summed E-state index contributed by atoms with van der Waals surface area (Å²) in [6.07, 6.45) is 5.46. The molecule has 0 N–H and O–H groups in total. The van der Waals surface area contributed by atoms with Crippen LogP contribution in [0.4, 0.5) is 0 Å². The van der Waals surface area contributed by atoms with Crippen LogP contribution in [0.15, 0.2) is 34.9 Å². The standard InChI is InChI=1S/C20H22N2O2/c1-22-10-8-14(9-11-22)6-7-19-17-12-15-4-2-3-5-16(15)18(13-23)20(17)24-21-19/h2-5,12-14H,6-11H2,1H3. The van der Waals surface area contributed by atoms with Crippen LogP contribution in [0.3, 0.4) is 0 Å². The van der Waals surface area contributed by atoms with Gasteiger partial charge in [-0.1, -0.05) is 29.4 Å². The quantitative estimate of drug-likeness (QED) is 0.679. The first-order chi connectivity index (χ1) is 11.8. The fraction of sp³-hybridized carbons (Fsp3) is 0.400. The highest BCUT2D eigenvalue weighted by Gasteiger charge is 2.19. The highest BCUT2D eigenvalue weighted by atomic mass is 16.5. The van der Waals surface area contributed by atoms with E-state index in [0.29, 0.717) is 11.1 Å². The van der Waals surface area contributed by atoms with Crippen LogP contribution in [0.5, 0.6) is 0 Å². The Bertz CT molecular complexity index is 876. The average molecular weight is 322 g/mol. The van der Waals surface area contributed by atoms with E-state index in [1.807, 2.05) is 24.3 Å². The van der Waals surface area contributed by atoms with Crippen molar-refractivity contribution in [1.82, 2.24) is 10.1 Å². The number of nitrogens with zero attached hydrogens (tertiary/aromatic N) is 2. The van der Waals surface area contributed by atoms with Crippen LogP contribution in [0, 0.1) is 5.92 Å². The molecule has 1 aromatic heterocycles. The molecule has 0 radical (unpaired) electrons. The van der Waals surface area contributed by atoms with Gasteiger partial charge in [0.15, 0.2) is 11.9 Å². The van der Waals surface area contributed by atoms with Crippen molar-refractivity contribution in [3.8, 4) is 0 Å². The molecule has 1 aliphatic heterocycles. The summed E-state index contributed by atoms with van der Waals surface area (Å²) >= 11 is 0. The molecule has 0 saturated carbocycles. The number of likely N-dealkylation sites (tertiary alicyclic amines) is 1. The topological polar surface area (TPSA) is 46.3 Å². The summed E-state index contributed by atoms with van der Waals surface area (Å²) in [5, 5.41) is 7.27. The molecule has 124 valence electrons. The summed E-state index contributed by atoms with van der Waals surface area (Å²) in [5.41, 5.74) is 2.22. The molecule has 0 bridgehead atoms. The minimum Gasteiger partial charge on any atom is -0.355 e. The van der Waals surface area contributed by atoms with Gasteiger partial charge in [0.1, 0.15) is 0 Å². The Morgan fingerprint density at radius 1 is 1.25 bits per heavy atom. The molecule has 24 heavy (non-hydrogen) atoms. The van der Waals surface area contributed by atoms with Crippen LogP contribution < -0.4 is 0 Å². The molecule has 0 atom stereocenters. The van der Waals surface area contributed by atoms with Gasteiger partial charge in [-0.15, -0.1) is 0 Å². The van der Waals surface area contributed by atoms with Gasteiger partial charge in [-0.2, -0.15) is 0 Å². The Hall–Kier alpha value is -2.20. The second kappa shape index (κ2) is 6.36. The molecule has 4 nitrogen and oxygen atoms in total. The van der Waals surface area contributed by atoms with Gasteiger partial charge in [0.25, 0.3) is 0 Å². The monoisotopic (exact) mass is 322 g/mol. The van der Waals surface area contributed by atoms with E-state index in [4.69, 9.17) is 4.52 Å². The number of carbonyl (C=O) groups excluding carboxylic acids is 1. The maximum absolute atomic E-state index is 11.6. The average Bonchev–Trinajstić information content (AvgIpc) is 3.02. The maximum Gasteiger partial charge on any atom is 0.178 e. The lowest BCUT2D eigenvalue weighted by atomic mass is 9.91. The summed E-state index contributed by atoms with van der Waals surface area (Å²) in [6, 6.07) is 10.0. The SMILES string of the molecule is CN1CCC(CCc2noc3c(C=O)c4ccccc4cc23)CC1. The van der Waals surface area contributed by atoms with Crippen molar-refractivity contribution in [2.45, 2.75) is 25.7 Å². The Balaban J connectivity index is 1.64. The van der Waals surface area contributed by atoms with Crippen molar-refractivity contribution in [3.63, 3.8) is 0 Å². The summed E-state index contributed by atoms with van der Waals surface area (Å²) in [4.78, 5) is 14.0. The first-order valence-corrected chi connectivity index (χ1v) is 8.70. The number of fused-ring (bicyclic) bond motifs is 2. The molecule has 0 aliphatic carbocycles. The molecular weight excluding hydrogens is 300 g/mol. The Labute approximate surface area is 141 Å². The second-order valence-electron chi connectivity index (χ2n) is 6.92. The van der Waals surface area contributed by atoms with E-state index in [1.165, 1.54) is 25.9 Å². The predicted molar refractivity (Wildman–Crippen MR) is 95.4 cm³/mol. The van der Waals surface area contributed by atoms with Crippen molar-refractivity contribution in [2.24, 2.45) is 5.92 Å². The van der Waals surface area contributed by atoms with Crippen molar-refractivity contribution >= 4 is 28.0 Å². The highest BCUT2D eigenvalue weighted by molar-refractivity contribution is 6.10. The van der Waals surface area contributed by atoms with Crippen molar-refractivity contribution in [2.75, 3.05) is 20.1 Å². The normalized spacial score (nSPS) is 16.9. The largest absolute Gasteiger partial charge is 0.355 e. The molecule has 1 saturated heterocycles. The van der Waals surface area contributed by atoms with Crippen molar-refractivity contribution in [3.05, 3.63) is 41.6 Å². The van der Waals surface area contributed by atoms with Gasteiger partial charge in [0, 0.05) is 5.39 Å². The number of benzene rings is 2. The van der Waals surface area contributed by atoms with E-state index in [9.17, 15) is 4.79 Å². The van der Waals surface area contributed by atoms with Crippen LogP contribution in [0.25, 0.3) is 21.7 Å². The van der Waals surface area contributed by atoms with Gasteiger partial charge in [0.2, 0.25) is 0 Å². The van der Waals surface area contributed by atoms with Gasteiger partial charge in [-0.25, -0.2) is 0 Å². The van der Waals surface area contributed by atoms with Crippen LogP contribution in [0.2, 0.25) is 0 Å². The molecule has 0 unspecified atom stereocenters. The molecule has 2 aromatic carbocycles. The zero-order valence-corrected chi connectivity index (χ0v) is 14.0. The number of piperidine rings is 1. The summed E-state index contributed by atoms with van der Waals surface area (Å²) < 4.78 is 5.55. The van der Waals surface area contributed by atoms with Crippen molar-refractivity contribution < 1.29 is 9.32 Å². The third-order valence-electron chi connectivity index (χ3n) is 5.34. The van der Waals surface area contributed by atoms with E-state index in [2.05, 4.69) is 23.2 Å². The van der Waals surface area contributed by atoms with E-state index in [0.717, 1.165) is 46.9 Å². The molecule has 4 heteroatoms. The Morgan fingerprint density at radius 3 is 2.83 bits per heavy atom. The first-order valence-electron chi connectivity index (χ1n) is 8.70. The van der Waals surface area contributed by atoms with Gasteiger partial charge in [-0.05, 0) is 68.6 Å². The fourth-order valence-corrected chi connectivity index (χ4v) is 3.81. The lowest BCUT2D eigenvalue weighted by molar-refractivity contribution is 0.112. The third-order valence-corrected chi connectivity index (χ3v) is 5.34. The molecule has 2 heterocycles. The fourth-order valence-electron chi connectivity index (χ4n) is 3.81. The minimum atomic E-state index is 0.612. The van der Waals surface area contributed by atoms with E-state index >= 15 is 0 Å². The lowest BCUT2D eigenvalue weighted by Gasteiger charge is -2.28. The van der Waals surface area contributed by atoms with Crippen LogP contribution in [-0.2, 0) is 6.42 Å². The molecule has 0 amide bonds. The summed E-state index contributed by atoms with van der Waals surface area (Å²) in [7, 11) is 2.19. The van der Waals surface area contributed by atoms with E-state index in [1.54, 1.807) is 0 Å². The second-order valence-corrected chi connectivity index (χ2v) is 6.92. The molecule has 1 fully saturated rings. The minimum absolute atomic E-state index is 0.612. The van der Waals surface area contributed by atoms with Gasteiger partial charge >= 0.3 is 0 Å². The number of aryl methyl sites for hydroxylation is 1. The maximum atomic E-state index is 11.6. The highest BCUT2D eigenvalue weighted by Crippen LogP contribution is 2.31. The van der Waals surface area contributed by atoms with Crippen LogP contribution >= 0.6 is 0 Å². The first kappa shape index (κ1) is 15.3. The van der Waals surface area contributed by atoms with Crippen LogP contribution in [-0.4, -0.2) is 36.5 Å². The van der Waals surface area contributed by atoms with Gasteiger partial charge < -0.3 is 9.42 Å². The van der Waals surface area contributed by atoms with Crippen molar-refractivity contribution in [1.29, 1.82) is 0 Å². The Morgan fingerprint density at radius 2 is 2.04 bits per heavy atom. The smallest absolute Gasteiger partial charge is 0.178 e. The Kier molecular flexibility index (Phi) is 4.07. The molecule has 0 spiro atoms. The number of hydrogen-bond donors (Lipinski definition) is 0. The van der Waals surface area contributed by atoms with E-state index < -0.39 is 0 Å². The number of aromatic nitrogens is 1. The number of carbonyl (C=O) groups is 1. The molecular formula is C20H22N2O2. The molecule has 4 rings (SSSR count).